The van der Waals surface area contributed by atoms with E-state index in [4.69, 9.17) is 10.5 Å². The SMILES string of the molecule is Cc1ccc(Oc2ncnc(Nc3nc(C)c(C)s3)c2N)cc1C. The van der Waals surface area contributed by atoms with E-state index in [1.165, 1.54) is 11.9 Å². The van der Waals surface area contributed by atoms with Gasteiger partial charge in [-0.25, -0.2) is 9.97 Å². The smallest absolute Gasteiger partial charge is 0.248 e. The van der Waals surface area contributed by atoms with Gasteiger partial charge in [-0.3, -0.25) is 0 Å². The van der Waals surface area contributed by atoms with Gasteiger partial charge in [0.15, 0.2) is 10.9 Å². The van der Waals surface area contributed by atoms with Crippen LogP contribution in [0, 0.1) is 27.7 Å². The van der Waals surface area contributed by atoms with Crippen molar-refractivity contribution >= 4 is 28.0 Å². The molecule has 6 nitrogen and oxygen atoms in total. The number of anilines is 3. The average molecular weight is 341 g/mol. The number of nitrogens with zero attached hydrogens (tertiary/aromatic N) is 3. The van der Waals surface area contributed by atoms with Crippen LogP contribution in [0.3, 0.4) is 0 Å². The summed E-state index contributed by atoms with van der Waals surface area (Å²) in [5, 5.41) is 3.87. The predicted molar refractivity (Wildman–Crippen MR) is 97.3 cm³/mol. The fourth-order valence-electron chi connectivity index (χ4n) is 2.08. The van der Waals surface area contributed by atoms with Gasteiger partial charge >= 0.3 is 0 Å². The standard InChI is InChI=1S/C17H19N5OS/c1-9-5-6-13(7-10(9)2)23-16-14(18)15(19-8-20-16)22-17-21-11(3)12(4)24-17/h5-8H,18H2,1-4H3,(H,19,20,21,22). The van der Waals surface area contributed by atoms with Crippen molar-refractivity contribution in [3.8, 4) is 11.6 Å². The second kappa shape index (κ2) is 6.45. The molecule has 0 spiro atoms. The number of benzene rings is 1. The van der Waals surface area contributed by atoms with E-state index >= 15 is 0 Å². The van der Waals surface area contributed by atoms with E-state index < -0.39 is 0 Å². The normalized spacial score (nSPS) is 10.7. The van der Waals surface area contributed by atoms with E-state index in [1.807, 2.05) is 39.0 Å². The first-order chi connectivity index (χ1) is 11.4. The van der Waals surface area contributed by atoms with Crippen molar-refractivity contribution < 1.29 is 4.74 Å². The van der Waals surface area contributed by atoms with E-state index in [0.29, 0.717) is 23.1 Å². The molecule has 0 saturated heterocycles. The van der Waals surface area contributed by atoms with Gasteiger partial charge in [0.25, 0.3) is 0 Å². The lowest BCUT2D eigenvalue weighted by Gasteiger charge is -2.11. The minimum absolute atomic E-state index is 0.320. The van der Waals surface area contributed by atoms with E-state index in [-0.39, 0.29) is 0 Å². The molecule has 0 saturated carbocycles. The van der Waals surface area contributed by atoms with Crippen LogP contribution in [-0.4, -0.2) is 15.0 Å². The lowest BCUT2D eigenvalue weighted by atomic mass is 10.1. The van der Waals surface area contributed by atoms with Gasteiger partial charge in [0.2, 0.25) is 5.88 Å². The minimum Gasteiger partial charge on any atom is -0.437 e. The Kier molecular flexibility index (Phi) is 4.35. The molecule has 0 aliphatic heterocycles. The number of ether oxygens (including phenoxy) is 1. The van der Waals surface area contributed by atoms with Crippen molar-refractivity contribution in [3.63, 3.8) is 0 Å². The molecule has 0 aliphatic rings. The summed E-state index contributed by atoms with van der Waals surface area (Å²) in [7, 11) is 0. The van der Waals surface area contributed by atoms with Crippen molar-refractivity contribution in [2.24, 2.45) is 0 Å². The summed E-state index contributed by atoms with van der Waals surface area (Å²) in [5.74, 6) is 1.49. The van der Waals surface area contributed by atoms with E-state index in [9.17, 15) is 0 Å². The van der Waals surface area contributed by atoms with Crippen LogP contribution in [0.15, 0.2) is 24.5 Å². The quantitative estimate of drug-likeness (QED) is 0.736. The molecule has 3 aromatic rings. The highest BCUT2D eigenvalue weighted by molar-refractivity contribution is 7.15. The number of nitrogen functional groups attached to an aromatic ring is 1. The molecular weight excluding hydrogens is 322 g/mol. The Morgan fingerprint density at radius 2 is 1.88 bits per heavy atom. The van der Waals surface area contributed by atoms with Gasteiger partial charge in [-0.2, -0.15) is 4.98 Å². The summed E-state index contributed by atoms with van der Waals surface area (Å²) in [6.45, 7) is 8.08. The first-order valence-corrected chi connectivity index (χ1v) is 8.32. The summed E-state index contributed by atoms with van der Waals surface area (Å²) in [6, 6.07) is 5.85. The third-order valence-electron chi connectivity index (χ3n) is 3.79. The maximum Gasteiger partial charge on any atom is 0.248 e. The van der Waals surface area contributed by atoms with Crippen LogP contribution in [0.1, 0.15) is 21.7 Å². The summed E-state index contributed by atoms with van der Waals surface area (Å²) in [5.41, 5.74) is 9.84. The van der Waals surface area contributed by atoms with Crippen LogP contribution >= 0.6 is 11.3 Å². The molecule has 0 bridgehead atoms. The highest BCUT2D eigenvalue weighted by atomic mass is 32.1. The van der Waals surface area contributed by atoms with E-state index in [1.54, 1.807) is 11.3 Å². The fourth-order valence-corrected chi connectivity index (χ4v) is 2.89. The second-order valence-electron chi connectivity index (χ2n) is 5.57. The number of nitrogens with one attached hydrogen (secondary N) is 1. The zero-order chi connectivity index (χ0) is 17.3. The lowest BCUT2D eigenvalue weighted by molar-refractivity contribution is 0.464. The molecule has 24 heavy (non-hydrogen) atoms. The van der Waals surface area contributed by atoms with Crippen LogP contribution < -0.4 is 15.8 Å². The maximum atomic E-state index is 6.16. The average Bonchev–Trinajstić information content (AvgIpc) is 2.85. The summed E-state index contributed by atoms with van der Waals surface area (Å²) >= 11 is 1.55. The van der Waals surface area contributed by atoms with Gasteiger partial charge in [0.1, 0.15) is 17.8 Å². The highest BCUT2D eigenvalue weighted by Gasteiger charge is 2.13. The Balaban J connectivity index is 1.86. The minimum atomic E-state index is 0.320. The molecule has 2 aromatic heterocycles. The summed E-state index contributed by atoms with van der Waals surface area (Å²) in [4.78, 5) is 13.9. The number of nitrogens with two attached hydrogens (primary N) is 1. The second-order valence-corrected chi connectivity index (χ2v) is 6.78. The Hall–Kier alpha value is -2.67. The molecule has 124 valence electrons. The number of aromatic nitrogens is 3. The highest BCUT2D eigenvalue weighted by Crippen LogP contribution is 2.32. The fraction of sp³-hybridized carbons (Fsp3) is 0.235. The molecule has 0 unspecified atom stereocenters. The van der Waals surface area contributed by atoms with Crippen molar-refractivity contribution in [1.29, 1.82) is 0 Å². The first-order valence-electron chi connectivity index (χ1n) is 7.50. The van der Waals surface area contributed by atoms with Crippen molar-refractivity contribution in [2.75, 3.05) is 11.1 Å². The van der Waals surface area contributed by atoms with E-state index in [2.05, 4.69) is 27.2 Å². The van der Waals surface area contributed by atoms with Crippen LogP contribution in [-0.2, 0) is 0 Å². The largest absolute Gasteiger partial charge is 0.437 e. The van der Waals surface area contributed by atoms with Gasteiger partial charge in [0, 0.05) is 4.88 Å². The topological polar surface area (TPSA) is 86.0 Å². The molecule has 7 heteroatoms. The molecule has 0 amide bonds. The molecule has 0 radical (unpaired) electrons. The predicted octanol–water partition coefficient (Wildman–Crippen LogP) is 4.28. The van der Waals surface area contributed by atoms with E-state index in [0.717, 1.165) is 21.3 Å². The number of hydrogen-bond acceptors (Lipinski definition) is 7. The number of aryl methyl sites for hydroxylation is 4. The molecule has 1 aromatic carbocycles. The number of rotatable bonds is 4. The third-order valence-corrected chi connectivity index (χ3v) is 4.78. The van der Waals surface area contributed by atoms with Crippen LogP contribution in [0.25, 0.3) is 0 Å². The van der Waals surface area contributed by atoms with Crippen molar-refractivity contribution in [2.45, 2.75) is 27.7 Å². The molecular formula is C17H19N5OS. The van der Waals surface area contributed by atoms with Gasteiger partial charge in [-0.15, -0.1) is 11.3 Å². The maximum absolute atomic E-state index is 6.16. The zero-order valence-corrected chi connectivity index (χ0v) is 14.9. The first kappa shape index (κ1) is 16.2. The van der Waals surface area contributed by atoms with Crippen LogP contribution in [0.4, 0.5) is 16.6 Å². The molecule has 3 rings (SSSR count). The Morgan fingerprint density at radius 3 is 2.54 bits per heavy atom. The van der Waals surface area contributed by atoms with Crippen LogP contribution in [0.5, 0.6) is 11.6 Å². The number of thiazole rings is 1. The van der Waals surface area contributed by atoms with Gasteiger partial charge in [0.05, 0.1) is 5.69 Å². The van der Waals surface area contributed by atoms with Gasteiger partial charge < -0.3 is 15.8 Å². The Morgan fingerprint density at radius 1 is 1.08 bits per heavy atom. The third kappa shape index (κ3) is 3.30. The van der Waals surface area contributed by atoms with Crippen molar-refractivity contribution in [3.05, 3.63) is 46.2 Å². The summed E-state index contributed by atoms with van der Waals surface area (Å²) < 4.78 is 5.82. The van der Waals surface area contributed by atoms with Gasteiger partial charge in [-0.05, 0) is 51.0 Å². The lowest BCUT2D eigenvalue weighted by Crippen LogP contribution is -2.03. The monoisotopic (exact) mass is 341 g/mol. The Bertz CT molecular complexity index is 871. The van der Waals surface area contributed by atoms with Gasteiger partial charge in [-0.1, -0.05) is 6.07 Å². The molecule has 0 fully saturated rings. The zero-order valence-electron chi connectivity index (χ0n) is 14.0. The molecule has 0 aliphatic carbocycles. The Labute approximate surface area is 144 Å². The van der Waals surface area contributed by atoms with Crippen molar-refractivity contribution in [1.82, 2.24) is 15.0 Å². The molecule has 3 N–H and O–H groups in total. The van der Waals surface area contributed by atoms with Crippen LogP contribution in [0.2, 0.25) is 0 Å². The molecule has 0 atom stereocenters. The summed E-state index contributed by atoms with van der Waals surface area (Å²) in [6.07, 6.45) is 1.42. The number of hydrogen-bond donors (Lipinski definition) is 2. The molecule has 2 heterocycles.